The number of hydrogen-bond donors (Lipinski definition) is 0. The van der Waals surface area contributed by atoms with Gasteiger partial charge in [-0.05, 0) is 35.6 Å². The maximum atomic E-state index is 5.76. The summed E-state index contributed by atoms with van der Waals surface area (Å²) >= 11 is 0. The zero-order chi connectivity index (χ0) is 12.8. The van der Waals surface area contributed by atoms with Crippen LogP contribution in [0.4, 0.5) is 0 Å². The molecule has 0 radical (unpaired) electrons. The van der Waals surface area contributed by atoms with Crippen molar-refractivity contribution in [3.8, 4) is 5.75 Å². The second-order valence-electron chi connectivity index (χ2n) is 4.66. The fourth-order valence-electron chi connectivity index (χ4n) is 1.91. The Hall–Kier alpha value is -1.76. The van der Waals surface area contributed by atoms with Crippen molar-refractivity contribution in [1.29, 1.82) is 0 Å². The van der Waals surface area contributed by atoms with E-state index in [0.29, 0.717) is 12.5 Å². The van der Waals surface area contributed by atoms with Gasteiger partial charge in [0.05, 0.1) is 0 Å². The molecule has 1 unspecified atom stereocenters. The Balaban J connectivity index is 2.01. The molecule has 94 valence electrons. The van der Waals surface area contributed by atoms with Crippen molar-refractivity contribution in [3.63, 3.8) is 0 Å². The summed E-state index contributed by atoms with van der Waals surface area (Å²) < 4.78 is 5.76. The van der Waals surface area contributed by atoms with Gasteiger partial charge in [-0.25, -0.2) is 0 Å². The molecule has 0 heterocycles. The maximum absolute atomic E-state index is 5.76. The largest absolute Gasteiger partial charge is 0.489 e. The Morgan fingerprint density at radius 3 is 2.50 bits per heavy atom. The molecule has 1 nitrogen and oxygen atoms in total. The third kappa shape index (κ3) is 3.36. The monoisotopic (exact) mass is 240 g/mol. The van der Waals surface area contributed by atoms with E-state index in [9.17, 15) is 0 Å². The molecule has 2 aromatic rings. The molecule has 0 aromatic heterocycles. The molecule has 0 aliphatic carbocycles. The van der Waals surface area contributed by atoms with Gasteiger partial charge < -0.3 is 4.74 Å². The number of hydrogen-bond acceptors (Lipinski definition) is 1. The van der Waals surface area contributed by atoms with E-state index in [4.69, 9.17) is 4.74 Å². The molecule has 0 spiro atoms. The van der Waals surface area contributed by atoms with Crippen LogP contribution in [0.5, 0.6) is 5.75 Å². The van der Waals surface area contributed by atoms with Crippen LogP contribution in [0.1, 0.15) is 37.3 Å². The molecule has 18 heavy (non-hydrogen) atoms. The van der Waals surface area contributed by atoms with Crippen LogP contribution in [0.3, 0.4) is 0 Å². The van der Waals surface area contributed by atoms with E-state index < -0.39 is 0 Å². The number of benzene rings is 2. The predicted octanol–water partition coefficient (Wildman–Crippen LogP) is 4.78. The summed E-state index contributed by atoms with van der Waals surface area (Å²) in [6.07, 6.45) is 1.17. The highest BCUT2D eigenvalue weighted by Crippen LogP contribution is 2.20. The Labute approximate surface area is 109 Å². The van der Waals surface area contributed by atoms with E-state index in [2.05, 4.69) is 38.1 Å². The van der Waals surface area contributed by atoms with Gasteiger partial charge >= 0.3 is 0 Å². The van der Waals surface area contributed by atoms with Crippen molar-refractivity contribution in [2.75, 3.05) is 0 Å². The van der Waals surface area contributed by atoms with Crippen LogP contribution in [0, 0.1) is 0 Å². The molecule has 0 bridgehead atoms. The fourth-order valence-corrected chi connectivity index (χ4v) is 1.91. The zero-order valence-corrected chi connectivity index (χ0v) is 11.1. The van der Waals surface area contributed by atoms with Crippen LogP contribution in [-0.2, 0) is 6.61 Å². The van der Waals surface area contributed by atoms with Gasteiger partial charge in [-0.15, -0.1) is 0 Å². The van der Waals surface area contributed by atoms with Crippen molar-refractivity contribution >= 4 is 0 Å². The first-order chi connectivity index (χ1) is 8.79. The van der Waals surface area contributed by atoms with Gasteiger partial charge in [-0.3, -0.25) is 0 Å². The van der Waals surface area contributed by atoms with Gasteiger partial charge in [0, 0.05) is 0 Å². The van der Waals surface area contributed by atoms with E-state index in [1.54, 1.807) is 0 Å². The molecule has 0 saturated heterocycles. The molecule has 0 saturated carbocycles. The lowest BCUT2D eigenvalue weighted by Gasteiger charge is -2.11. The molecular formula is C17H20O. The topological polar surface area (TPSA) is 9.23 Å². The first-order valence-electron chi connectivity index (χ1n) is 6.56. The fraction of sp³-hybridized carbons (Fsp3) is 0.294. The Morgan fingerprint density at radius 1 is 1.00 bits per heavy atom. The van der Waals surface area contributed by atoms with Crippen LogP contribution in [0.25, 0.3) is 0 Å². The summed E-state index contributed by atoms with van der Waals surface area (Å²) in [5.41, 5.74) is 2.63. The minimum Gasteiger partial charge on any atom is -0.489 e. The van der Waals surface area contributed by atoms with E-state index >= 15 is 0 Å². The minimum atomic E-state index is 0.613. The third-order valence-electron chi connectivity index (χ3n) is 3.28. The van der Waals surface area contributed by atoms with Crippen molar-refractivity contribution in [2.45, 2.75) is 32.8 Å². The van der Waals surface area contributed by atoms with Crippen LogP contribution in [0.15, 0.2) is 54.6 Å². The molecule has 0 fully saturated rings. The number of ether oxygens (including phenoxy) is 1. The highest BCUT2D eigenvalue weighted by atomic mass is 16.5. The standard InChI is InChI=1S/C17H20O/c1-3-14(2)16-9-7-8-15(12-16)13-18-17-10-5-4-6-11-17/h4-12,14H,3,13H2,1-2H3. The Bertz CT molecular complexity index is 476. The van der Waals surface area contributed by atoms with Gasteiger partial charge in [0.25, 0.3) is 0 Å². The van der Waals surface area contributed by atoms with E-state index in [1.165, 1.54) is 17.5 Å². The quantitative estimate of drug-likeness (QED) is 0.731. The van der Waals surface area contributed by atoms with Crippen LogP contribution >= 0.6 is 0 Å². The summed E-state index contributed by atoms with van der Waals surface area (Å²) in [5, 5.41) is 0. The van der Waals surface area contributed by atoms with Crippen molar-refractivity contribution < 1.29 is 4.74 Å². The first kappa shape index (κ1) is 12.7. The summed E-state index contributed by atoms with van der Waals surface area (Å²) in [7, 11) is 0. The van der Waals surface area contributed by atoms with Gasteiger partial charge in [0.1, 0.15) is 12.4 Å². The van der Waals surface area contributed by atoms with Crippen molar-refractivity contribution in [3.05, 3.63) is 65.7 Å². The number of para-hydroxylation sites is 1. The molecule has 2 rings (SSSR count). The highest BCUT2D eigenvalue weighted by Gasteiger charge is 2.03. The lowest BCUT2D eigenvalue weighted by Crippen LogP contribution is -1.98. The van der Waals surface area contributed by atoms with E-state index in [-0.39, 0.29) is 0 Å². The summed E-state index contributed by atoms with van der Waals surface area (Å²) in [5.74, 6) is 1.54. The van der Waals surface area contributed by atoms with Gasteiger partial charge in [-0.2, -0.15) is 0 Å². The molecule has 0 N–H and O–H groups in total. The molecule has 0 amide bonds. The summed E-state index contributed by atoms with van der Waals surface area (Å²) in [4.78, 5) is 0. The summed E-state index contributed by atoms with van der Waals surface area (Å²) in [6, 6.07) is 18.6. The third-order valence-corrected chi connectivity index (χ3v) is 3.28. The molecule has 2 aromatic carbocycles. The van der Waals surface area contributed by atoms with Crippen LogP contribution in [0.2, 0.25) is 0 Å². The molecule has 0 aliphatic heterocycles. The second-order valence-corrected chi connectivity index (χ2v) is 4.66. The van der Waals surface area contributed by atoms with Crippen LogP contribution < -0.4 is 4.74 Å². The predicted molar refractivity (Wildman–Crippen MR) is 75.9 cm³/mol. The van der Waals surface area contributed by atoms with Crippen LogP contribution in [-0.4, -0.2) is 0 Å². The Kier molecular flexibility index (Phi) is 4.40. The van der Waals surface area contributed by atoms with Gasteiger partial charge in [0.2, 0.25) is 0 Å². The molecule has 1 heteroatoms. The lowest BCUT2D eigenvalue weighted by molar-refractivity contribution is 0.306. The van der Waals surface area contributed by atoms with Crippen molar-refractivity contribution in [2.24, 2.45) is 0 Å². The average Bonchev–Trinajstić information content (AvgIpc) is 2.45. The highest BCUT2D eigenvalue weighted by molar-refractivity contribution is 5.27. The van der Waals surface area contributed by atoms with E-state index in [0.717, 1.165) is 5.75 Å². The first-order valence-corrected chi connectivity index (χ1v) is 6.56. The lowest BCUT2D eigenvalue weighted by atomic mass is 9.97. The Morgan fingerprint density at radius 2 is 1.78 bits per heavy atom. The van der Waals surface area contributed by atoms with E-state index in [1.807, 2.05) is 30.3 Å². The average molecular weight is 240 g/mol. The molecular weight excluding hydrogens is 220 g/mol. The molecule has 1 atom stereocenters. The smallest absolute Gasteiger partial charge is 0.119 e. The molecule has 0 aliphatic rings. The SMILES string of the molecule is CCC(C)c1cccc(COc2ccccc2)c1. The number of rotatable bonds is 5. The zero-order valence-electron chi connectivity index (χ0n) is 11.1. The van der Waals surface area contributed by atoms with Crippen molar-refractivity contribution in [1.82, 2.24) is 0 Å². The second kappa shape index (κ2) is 6.25. The maximum Gasteiger partial charge on any atom is 0.119 e. The van der Waals surface area contributed by atoms with Gasteiger partial charge in [-0.1, -0.05) is 56.3 Å². The summed E-state index contributed by atoms with van der Waals surface area (Å²) in [6.45, 7) is 5.11. The normalized spacial score (nSPS) is 12.1. The van der Waals surface area contributed by atoms with Gasteiger partial charge in [0.15, 0.2) is 0 Å². The minimum absolute atomic E-state index is 0.613.